The van der Waals surface area contributed by atoms with Crippen LogP contribution in [-0.2, 0) is 6.54 Å². The second kappa shape index (κ2) is 6.91. The van der Waals surface area contributed by atoms with Gasteiger partial charge in [-0.1, -0.05) is 35.9 Å². The van der Waals surface area contributed by atoms with Crippen molar-refractivity contribution in [3.05, 3.63) is 40.9 Å². The monoisotopic (exact) mass is 344 g/mol. The number of benzene rings is 2. The molecule has 2 fully saturated rings. The van der Waals surface area contributed by atoms with Crippen molar-refractivity contribution in [3.8, 4) is 5.75 Å². The lowest BCUT2D eigenvalue weighted by Gasteiger charge is -2.31. The van der Waals surface area contributed by atoms with E-state index in [4.69, 9.17) is 22.1 Å². The first-order valence-corrected chi connectivity index (χ1v) is 9.39. The van der Waals surface area contributed by atoms with Crippen LogP contribution in [0.4, 0.5) is 0 Å². The van der Waals surface area contributed by atoms with Gasteiger partial charge in [0.1, 0.15) is 5.75 Å². The fourth-order valence-corrected chi connectivity index (χ4v) is 3.91. The third kappa shape index (κ3) is 3.53. The summed E-state index contributed by atoms with van der Waals surface area (Å²) >= 11 is 6.59. The van der Waals surface area contributed by atoms with Gasteiger partial charge in [-0.25, -0.2) is 0 Å². The molecule has 2 aliphatic rings. The topological polar surface area (TPSA) is 38.5 Å². The number of halogens is 1. The molecule has 2 aromatic carbocycles. The van der Waals surface area contributed by atoms with Crippen LogP contribution in [0.2, 0.25) is 5.02 Å². The molecule has 128 valence electrons. The Labute approximate surface area is 148 Å². The molecular formula is C20H25ClN2O. The molecule has 2 aromatic rings. The first kappa shape index (κ1) is 16.2. The fourth-order valence-electron chi connectivity index (χ4n) is 3.63. The third-order valence-electron chi connectivity index (χ3n) is 5.13. The van der Waals surface area contributed by atoms with Crippen molar-refractivity contribution in [2.45, 2.75) is 38.3 Å². The molecular weight excluding hydrogens is 320 g/mol. The molecule has 4 rings (SSSR count). The third-order valence-corrected chi connectivity index (χ3v) is 5.41. The molecule has 24 heavy (non-hydrogen) atoms. The van der Waals surface area contributed by atoms with E-state index in [0.29, 0.717) is 12.0 Å². The summed E-state index contributed by atoms with van der Waals surface area (Å²) < 4.78 is 6.07. The molecule has 1 heterocycles. The van der Waals surface area contributed by atoms with Crippen molar-refractivity contribution >= 4 is 22.4 Å². The van der Waals surface area contributed by atoms with Crippen molar-refractivity contribution in [3.63, 3.8) is 0 Å². The maximum atomic E-state index is 6.59. The van der Waals surface area contributed by atoms with Gasteiger partial charge in [0.2, 0.25) is 0 Å². The van der Waals surface area contributed by atoms with E-state index in [1.54, 1.807) is 0 Å². The van der Waals surface area contributed by atoms with Gasteiger partial charge in [-0.2, -0.15) is 0 Å². The van der Waals surface area contributed by atoms with Gasteiger partial charge < -0.3 is 10.5 Å². The summed E-state index contributed by atoms with van der Waals surface area (Å²) in [4.78, 5) is 2.44. The summed E-state index contributed by atoms with van der Waals surface area (Å²) in [6, 6.07) is 10.8. The molecule has 0 aromatic heterocycles. The molecule has 0 radical (unpaired) electrons. The maximum Gasteiger partial charge on any atom is 0.145 e. The lowest BCUT2D eigenvalue weighted by Crippen LogP contribution is -2.42. The number of piperidine rings is 1. The second-order valence-electron chi connectivity index (χ2n) is 7.28. The Hall–Kier alpha value is -1.29. The largest absolute Gasteiger partial charge is 0.491 e. The van der Waals surface area contributed by atoms with Gasteiger partial charge in [0.15, 0.2) is 0 Å². The van der Waals surface area contributed by atoms with E-state index >= 15 is 0 Å². The summed E-state index contributed by atoms with van der Waals surface area (Å²) in [5.41, 5.74) is 7.40. The van der Waals surface area contributed by atoms with E-state index in [0.717, 1.165) is 48.8 Å². The van der Waals surface area contributed by atoms with Crippen LogP contribution in [0, 0.1) is 5.92 Å². The Morgan fingerprint density at radius 1 is 1.17 bits per heavy atom. The molecule has 1 unspecified atom stereocenters. The van der Waals surface area contributed by atoms with Gasteiger partial charge in [-0.05, 0) is 55.2 Å². The standard InChI is InChI=1S/C20H25ClN2O/c21-19-10-15(11-23-9-3-4-16(22)12-23)17-5-1-2-6-18(17)20(19)24-13-14-7-8-14/h1-2,5-6,10,14,16H,3-4,7-9,11-13,22H2. The summed E-state index contributed by atoms with van der Waals surface area (Å²) in [6.45, 7) is 3.76. The summed E-state index contributed by atoms with van der Waals surface area (Å²) in [5, 5.41) is 3.10. The highest BCUT2D eigenvalue weighted by atomic mass is 35.5. The van der Waals surface area contributed by atoms with Crippen LogP contribution in [0.5, 0.6) is 5.75 Å². The molecule has 1 aliphatic heterocycles. The molecule has 1 saturated heterocycles. The Morgan fingerprint density at radius 2 is 1.96 bits per heavy atom. The predicted octanol–water partition coefficient (Wildman–Crippen LogP) is 4.21. The summed E-state index contributed by atoms with van der Waals surface area (Å²) in [7, 11) is 0. The minimum absolute atomic E-state index is 0.293. The van der Waals surface area contributed by atoms with Crippen LogP contribution in [-0.4, -0.2) is 30.6 Å². The van der Waals surface area contributed by atoms with Gasteiger partial charge in [0, 0.05) is 24.5 Å². The highest BCUT2D eigenvalue weighted by molar-refractivity contribution is 6.33. The zero-order valence-corrected chi connectivity index (χ0v) is 14.8. The molecule has 1 atom stereocenters. The highest BCUT2D eigenvalue weighted by Gasteiger charge is 2.24. The summed E-state index contributed by atoms with van der Waals surface area (Å²) in [5.74, 6) is 1.56. The van der Waals surface area contributed by atoms with E-state index in [2.05, 4.69) is 35.2 Å². The van der Waals surface area contributed by atoms with Crippen LogP contribution in [0.25, 0.3) is 10.8 Å². The number of hydrogen-bond acceptors (Lipinski definition) is 3. The Bertz CT molecular complexity index is 729. The van der Waals surface area contributed by atoms with Crippen LogP contribution < -0.4 is 10.5 Å². The fraction of sp³-hybridized carbons (Fsp3) is 0.500. The van der Waals surface area contributed by atoms with Crippen LogP contribution in [0.15, 0.2) is 30.3 Å². The van der Waals surface area contributed by atoms with Gasteiger partial charge in [-0.3, -0.25) is 4.90 Å². The number of fused-ring (bicyclic) bond motifs is 1. The molecule has 0 bridgehead atoms. The first-order chi connectivity index (χ1) is 11.7. The van der Waals surface area contributed by atoms with Crippen molar-refractivity contribution < 1.29 is 4.74 Å². The molecule has 0 amide bonds. The lowest BCUT2D eigenvalue weighted by atomic mass is 10.0. The molecule has 0 spiro atoms. The number of nitrogens with two attached hydrogens (primary N) is 1. The highest BCUT2D eigenvalue weighted by Crippen LogP contribution is 2.38. The predicted molar refractivity (Wildman–Crippen MR) is 99.7 cm³/mol. The van der Waals surface area contributed by atoms with Gasteiger partial charge in [0.05, 0.1) is 11.6 Å². The Kier molecular flexibility index (Phi) is 4.66. The zero-order valence-electron chi connectivity index (χ0n) is 14.0. The van der Waals surface area contributed by atoms with Crippen LogP contribution >= 0.6 is 11.6 Å². The average molecular weight is 345 g/mol. The summed E-state index contributed by atoms with van der Waals surface area (Å²) in [6.07, 6.45) is 4.87. The maximum absolute atomic E-state index is 6.59. The zero-order chi connectivity index (χ0) is 16.5. The normalized spacial score (nSPS) is 22.0. The quantitative estimate of drug-likeness (QED) is 0.883. The minimum atomic E-state index is 0.293. The van der Waals surface area contributed by atoms with E-state index in [9.17, 15) is 0 Å². The van der Waals surface area contributed by atoms with Crippen LogP contribution in [0.3, 0.4) is 0 Å². The second-order valence-corrected chi connectivity index (χ2v) is 7.69. The molecule has 2 N–H and O–H groups in total. The number of hydrogen-bond donors (Lipinski definition) is 1. The molecule has 1 saturated carbocycles. The van der Waals surface area contributed by atoms with Crippen LogP contribution in [0.1, 0.15) is 31.2 Å². The molecule has 1 aliphatic carbocycles. The Morgan fingerprint density at radius 3 is 2.71 bits per heavy atom. The number of rotatable bonds is 5. The van der Waals surface area contributed by atoms with E-state index in [-0.39, 0.29) is 0 Å². The van der Waals surface area contributed by atoms with Crippen molar-refractivity contribution in [2.75, 3.05) is 19.7 Å². The molecule has 4 heteroatoms. The Balaban J connectivity index is 1.64. The van der Waals surface area contributed by atoms with Gasteiger partial charge in [0.25, 0.3) is 0 Å². The first-order valence-electron chi connectivity index (χ1n) is 9.01. The lowest BCUT2D eigenvalue weighted by molar-refractivity contribution is 0.202. The number of likely N-dealkylation sites (tertiary alicyclic amines) is 1. The van der Waals surface area contributed by atoms with Gasteiger partial charge in [-0.15, -0.1) is 0 Å². The van der Waals surface area contributed by atoms with E-state index in [1.807, 2.05) is 0 Å². The average Bonchev–Trinajstić information content (AvgIpc) is 3.39. The van der Waals surface area contributed by atoms with Crippen molar-refractivity contribution in [1.82, 2.24) is 4.90 Å². The van der Waals surface area contributed by atoms with Crippen molar-refractivity contribution in [1.29, 1.82) is 0 Å². The van der Waals surface area contributed by atoms with Crippen molar-refractivity contribution in [2.24, 2.45) is 11.7 Å². The number of ether oxygens (including phenoxy) is 1. The van der Waals surface area contributed by atoms with E-state index in [1.165, 1.54) is 30.2 Å². The van der Waals surface area contributed by atoms with Gasteiger partial charge >= 0.3 is 0 Å². The minimum Gasteiger partial charge on any atom is -0.491 e. The number of nitrogens with zero attached hydrogens (tertiary/aromatic N) is 1. The smallest absolute Gasteiger partial charge is 0.145 e. The molecule has 3 nitrogen and oxygen atoms in total. The van der Waals surface area contributed by atoms with E-state index < -0.39 is 0 Å². The SMILES string of the molecule is NC1CCCN(Cc2cc(Cl)c(OCC3CC3)c3ccccc23)C1.